The van der Waals surface area contributed by atoms with Crippen molar-refractivity contribution < 1.29 is 9.53 Å². The molecule has 0 radical (unpaired) electrons. The molecule has 0 saturated heterocycles. The lowest BCUT2D eigenvalue weighted by atomic mass is 10.1. The number of methoxy groups -OCH3 is 1. The van der Waals surface area contributed by atoms with Crippen LogP contribution in [0.15, 0.2) is 48.5 Å². The van der Waals surface area contributed by atoms with Gasteiger partial charge in [0.1, 0.15) is 5.75 Å². The fraction of sp³-hybridized carbons (Fsp3) is 0.235. The highest BCUT2D eigenvalue weighted by molar-refractivity contribution is 6.30. The van der Waals surface area contributed by atoms with Crippen LogP contribution in [-0.4, -0.2) is 13.0 Å². The lowest BCUT2D eigenvalue weighted by Crippen LogP contribution is -2.11. The maximum absolute atomic E-state index is 11.8. The number of halogens is 1. The Labute approximate surface area is 129 Å². The SMILES string of the molecule is COc1ccc(CCCC(=O)Nc2cccc(Cl)c2)cc1. The Balaban J connectivity index is 1.76. The maximum Gasteiger partial charge on any atom is 0.224 e. The van der Waals surface area contributed by atoms with E-state index in [4.69, 9.17) is 16.3 Å². The average Bonchev–Trinajstić information content (AvgIpc) is 2.48. The van der Waals surface area contributed by atoms with E-state index in [1.807, 2.05) is 36.4 Å². The van der Waals surface area contributed by atoms with Gasteiger partial charge in [0.2, 0.25) is 5.91 Å². The number of aryl methyl sites for hydroxylation is 1. The van der Waals surface area contributed by atoms with Crippen molar-refractivity contribution >= 4 is 23.2 Å². The first-order chi connectivity index (χ1) is 10.2. The molecule has 0 aliphatic rings. The van der Waals surface area contributed by atoms with Crippen LogP contribution in [0.25, 0.3) is 0 Å². The van der Waals surface area contributed by atoms with Crippen LogP contribution in [0, 0.1) is 0 Å². The molecule has 2 aromatic rings. The smallest absolute Gasteiger partial charge is 0.224 e. The van der Waals surface area contributed by atoms with Crippen molar-refractivity contribution in [1.82, 2.24) is 0 Å². The molecule has 0 aliphatic carbocycles. The molecule has 21 heavy (non-hydrogen) atoms. The largest absolute Gasteiger partial charge is 0.497 e. The highest BCUT2D eigenvalue weighted by Gasteiger charge is 2.03. The second-order valence-corrected chi connectivity index (χ2v) is 5.20. The molecule has 3 nitrogen and oxygen atoms in total. The summed E-state index contributed by atoms with van der Waals surface area (Å²) in [6.07, 6.45) is 2.16. The van der Waals surface area contributed by atoms with E-state index in [0.29, 0.717) is 11.4 Å². The van der Waals surface area contributed by atoms with Crippen molar-refractivity contribution in [3.05, 3.63) is 59.1 Å². The minimum absolute atomic E-state index is 0.00535. The van der Waals surface area contributed by atoms with E-state index in [9.17, 15) is 4.79 Å². The standard InChI is InChI=1S/C17H18ClNO2/c1-21-16-10-8-13(9-11-16)4-2-7-17(20)19-15-6-3-5-14(18)12-15/h3,5-6,8-12H,2,4,7H2,1H3,(H,19,20). The third kappa shape index (κ3) is 5.12. The predicted octanol–water partition coefficient (Wildman–Crippen LogP) is 4.31. The zero-order chi connectivity index (χ0) is 15.1. The second kappa shape index (κ2) is 7.70. The number of amides is 1. The number of benzene rings is 2. The summed E-state index contributed by atoms with van der Waals surface area (Å²) in [5.41, 5.74) is 1.93. The van der Waals surface area contributed by atoms with Crippen molar-refractivity contribution in [3.8, 4) is 5.75 Å². The maximum atomic E-state index is 11.8. The van der Waals surface area contributed by atoms with E-state index in [1.165, 1.54) is 5.56 Å². The molecule has 0 heterocycles. The number of rotatable bonds is 6. The van der Waals surface area contributed by atoms with E-state index in [-0.39, 0.29) is 5.91 Å². The second-order valence-electron chi connectivity index (χ2n) is 4.76. The zero-order valence-corrected chi connectivity index (χ0v) is 12.7. The van der Waals surface area contributed by atoms with Crippen LogP contribution >= 0.6 is 11.6 Å². The molecule has 0 aliphatic heterocycles. The third-order valence-corrected chi connectivity index (χ3v) is 3.37. The van der Waals surface area contributed by atoms with Crippen molar-refractivity contribution in [2.45, 2.75) is 19.3 Å². The fourth-order valence-corrected chi connectivity index (χ4v) is 2.23. The first-order valence-corrected chi connectivity index (χ1v) is 7.23. The molecular weight excluding hydrogens is 286 g/mol. The first-order valence-electron chi connectivity index (χ1n) is 6.86. The summed E-state index contributed by atoms with van der Waals surface area (Å²) in [4.78, 5) is 11.8. The molecule has 4 heteroatoms. The summed E-state index contributed by atoms with van der Waals surface area (Å²) < 4.78 is 5.11. The number of anilines is 1. The number of nitrogens with one attached hydrogen (secondary N) is 1. The molecule has 0 unspecified atom stereocenters. The van der Waals surface area contributed by atoms with E-state index in [2.05, 4.69) is 5.32 Å². The van der Waals surface area contributed by atoms with Crippen molar-refractivity contribution in [2.75, 3.05) is 12.4 Å². The minimum Gasteiger partial charge on any atom is -0.497 e. The highest BCUT2D eigenvalue weighted by atomic mass is 35.5. The predicted molar refractivity (Wildman–Crippen MR) is 86.0 cm³/mol. The molecule has 0 bridgehead atoms. The number of ether oxygens (including phenoxy) is 1. The van der Waals surface area contributed by atoms with Gasteiger partial charge in [0.25, 0.3) is 0 Å². The van der Waals surface area contributed by atoms with Gasteiger partial charge in [0, 0.05) is 17.1 Å². The van der Waals surface area contributed by atoms with Crippen molar-refractivity contribution in [1.29, 1.82) is 0 Å². The number of hydrogen-bond donors (Lipinski definition) is 1. The van der Waals surface area contributed by atoms with Crippen LogP contribution in [0.2, 0.25) is 5.02 Å². The molecule has 1 N–H and O–H groups in total. The van der Waals surface area contributed by atoms with E-state index in [1.54, 1.807) is 19.2 Å². The monoisotopic (exact) mass is 303 g/mol. The molecule has 2 rings (SSSR count). The van der Waals surface area contributed by atoms with Crippen LogP contribution < -0.4 is 10.1 Å². The van der Waals surface area contributed by atoms with Gasteiger partial charge in [0.05, 0.1) is 7.11 Å². The van der Waals surface area contributed by atoms with E-state index >= 15 is 0 Å². The van der Waals surface area contributed by atoms with Gasteiger partial charge in [-0.15, -0.1) is 0 Å². The van der Waals surface area contributed by atoms with Crippen LogP contribution in [0.5, 0.6) is 5.75 Å². The van der Waals surface area contributed by atoms with Gasteiger partial charge in [-0.05, 0) is 48.7 Å². The molecule has 110 valence electrons. The van der Waals surface area contributed by atoms with Gasteiger partial charge < -0.3 is 10.1 Å². The van der Waals surface area contributed by atoms with Crippen LogP contribution in [-0.2, 0) is 11.2 Å². The minimum atomic E-state index is 0.00535. The first kappa shape index (κ1) is 15.4. The average molecular weight is 304 g/mol. The quantitative estimate of drug-likeness (QED) is 0.863. The van der Waals surface area contributed by atoms with Gasteiger partial charge in [-0.3, -0.25) is 4.79 Å². The van der Waals surface area contributed by atoms with Gasteiger partial charge in [0.15, 0.2) is 0 Å². The van der Waals surface area contributed by atoms with Crippen LogP contribution in [0.1, 0.15) is 18.4 Å². The molecule has 0 fully saturated rings. The number of carbonyl (C=O) groups excluding carboxylic acids is 1. The van der Waals surface area contributed by atoms with Crippen molar-refractivity contribution in [3.63, 3.8) is 0 Å². The Morgan fingerprint density at radius 1 is 1.19 bits per heavy atom. The molecule has 0 saturated carbocycles. The normalized spacial score (nSPS) is 10.2. The van der Waals surface area contributed by atoms with Gasteiger partial charge in [-0.2, -0.15) is 0 Å². The Morgan fingerprint density at radius 3 is 2.62 bits per heavy atom. The van der Waals surface area contributed by atoms with Gasteiger partial charge in [-0.25, -0.2) is 0 Å². The number of carbonyl (C=O) groups is 1. The summed E-state index contributed by atoms with van der Waals surface area (Å²) in [5.74, 6) is 0.850. The Morgan fingerprint density at radius 2 is 1.95 bits per heavy atom. The lowest BCUT2D eigenvalue weighted by Gasteiger charge is -2.06. The topological polar surface area (TPSA) is 38.3 Å². The lowest BCUT2D eigenvalue weighted by molar-refractivity contribution is -0.116. The molecule has 0 spiro atoms. The fourth-order valence-electron chi connectivity index (χ4n) is 2.03. The number of hydrogen-bond acceptors (Lipinski definition) is 2. The Bertz CT molecular complexity index is 596. The summed E-state index contributed by atoms with van der Waals surface area (Å²) >= 11 is 5.88. The summed E-state index contributed by atoms with van der Waals surface area (Å²) in [6.45, 7) is 0. The highest BCUT2D eigenvalue weighted by Crippen LogP contribution is 2.16. The van der Waals surface area contributed by atoms with Gasteiger partial charge in [-0.1, -0.05) is 29.8 Å². The molecule has 2 aromatic carbocycles. The van der Waals surface area contributed by atoms with E-state index < -0.39 is 0 Å². The molecule has 1 amide bonds. The van der Waals surface area contributed by atoms with E-state index in [0.717, 1.165) is 24.3 Å². The Kier molecular flexibility index (Phi) is 5.64. The molecular formula is C17H18ClNO2. The summed E-state index contributed by atoms with van der Waals surface area (Å²) in [5, 5.41) is 3.46. The van der Waals surface area contributed by atoms with Gasteiger partial charge >= 0.3 is 0 Å². The third-order valence-electron chi connectivity index (χ3n) is 3.14. The van der Waals surface area contributed by atoms with Crippen LogP contribution in [0.3, 0.4) is 0 Å². The molecule has 0 aromatic heterocycles. The van der Waals surface area contributed by atoms with Crippen LogP contribution in [0.4, 0.5) is 5.69 Å². The van der Waals surface area contributed by atoms with Crippen molar-refractivity contribution in [2.24, 2.45) is 0 Å². The zero-order valence-electron chi connectivity index (χ0n) is 11.9. The Hall–Kier alpha value is -2.00. The molecule has 0 atom stereocenters. The summed E-state index contributed by atoms with van der Waals surface area (Å²) in [7, 11) is 1.65. The summed E-state index contributed by atoms with van der Waals surface area (Å²) in [6, 6.07) is 15.1.